The average molecular weight is 405 g/mol. The molecule has 2 aromatic carbocycles. The van der Waals surface area contributed by atoms with Gasteiger partial charge in [0.25, 0.3) is 5.91 Å². The summed E-state index contributed by atoms with van der Waals surface area (Å²) in [5.74, 6) is -0.580. The maximum Gasteiger partial charge on any atom is 0.262 e. The van der Waals surface area contributed by atoms with Crippen molar-refractivity contribution in [2.24, 2.45) is 5.73 Å². The number of amides is 2. The fourth-order valence-corrected chi connectivity index (χ4v) is 3.32. The van der Waals surface area contributed by atoms with Gasteiger partial charge in [0, 0.05) is 17.8 Å². The number of anilines is 1. The Morgan fingerprint density at radius 1 is 1.04 bits per heavy atom. The molecule has 150 valence electrons. The summed E-state index contributed by atoms with van der Waals surface area (Å²) in [7, 11) is -3.55. The zero-order valence-corrected chi connectivity index (χ0v) is 16.3. The molecule has 2 aromatic rings. The Bertz CT molecular complexity index is 910. The van der Waals surface area contributed by atoms with Gasteiger partial charge in [-0.3, -0.25) is 9.59 Å². The molecular formula is C19H23N3O5S. The molecular weight excluding hydrogens is 382 g/mol. The molecule has 0 aromatic heterocycles. The molecule has 0 radical (unpaired) electrons. The van der Waals surface area contributed by atoms with E-state index in [-0.39, 0.29) is 11.5 Å². The summed E-state index contributed by atoms with van der Waals surface area (Å²) in [4.78, 5) is 23.1. The standard InChI is InChI=1S/C19H23N3O5S/c1-2-3-12-21-28(25,26)17-10-8-16(9-11-17)27-13-18(23)22-15-6-4-14(5-7-15)19(20)24/h4-11,21H,2-3,12-13H2,1H3,(H2,20,24)(H,22,23). The van der Waals surface area contributed by atoms with Crippen LogP contribution in [0.4, 0.5) is 5.69 Å². The maximum absolute atomic E-state index is 12.1. The molecule has 2 rings (SSSR count). The van der Waals surface area contributed by atoms with E-state index in [9.17, 15) is 18.0 Å². The first-order chi connectivity index (χ1) is 13.3. The molecule has 0 heterocycles. The fraction of sp³-hybridized carbons (Fsp3) is 0.263. The Balaban J connectivity index is 1.87. The molecule has 0 unspecified atom stereocenters. The van der Waals surface area contributed by atoms with Gasteiger partial charge in [-0.1, -0.05) is 13.3 Å². The first-order valence-electron chi connectivity index (χ1n) is 8.74. The fourth-order valence-electron chi connectivity index (χ4n) is 2.25. The highest BCUT2D eigenvalue weighted by Crippen LogP contribution is 2.16. The second-order valence-corrected chi connectivity index (χ2v) is 7.77. The molecule has 0 aliphatic rings. The smallest absolute Gasteiger partial charge is 0.262 e. The third-order valence-electron chi connectivity index (χ3n) is 3.78. The molecule has 0 bridgehead atoms. The number of ether oxygens (including phenoxy) is 1. The van der Waals surface area contributed by atoms with E-state index in [4.69, 9.17) is 10.5 Å². The summed E-state index contributed by atoms with van der Waals surface area (Å²) < 4.78 is 32.1. The molecule has 9 heteroatoms. The minimum Gasteiger partial charge on any atom is -0.484 e. The summed E-state index contributed by atoms with van der Waals surface area (Å²) in [5, 5.41) is 2.62. The second-order valence-electron chi connectivity index (χ2n) is 6.00. The van der Waals surface area contributed by atoms with Crippen molar-refractivity contribution in [1.82, 2.24) is 4.72 Å². The van der Waals surface area contributed by atoms with E-state index in [1.165, 1.54) is 36.4 Å². The predicted molar refractivity (Wildman–Crippen MR) is 106 cm³/mol. The Labute approximate surface area is 164 Å². The van der Waals surface area contributed by atoms with E-state index >= 15 is 0 Å². The number of rotatable bonds is 10. The zero-order chi connectivity index (χ0) is 20.6. The van der Waals surface area contributed by atoms with Crippen LogP contribution in [-0.4, -0.2) is 33.4 Å². The minimum absolute atomic E-state index is 0.134. The van der Waals surface area contributed by atoms with Crippen molar-refractivity contribution >= 4 is 27.5 Å². The number of primary amides is 1. The van der Waals surface area contributed by atoms with E-state index in [2.05, 4.69) is 10.0 Å². The van der Waals surface area contributed by atoms with E-state index in [0.29, 0.717) is 23.5 Å². The van der Waals surface area contributed by atoms with Crippen LogP contribution >= 0.6 is 0 Å². The van der Waals surface area contributed by atoms with Gasteiger partial charge in [-0.15, -0.1) is 0 Å². The lowest BCUT2D eigenvalue weighted by Crippen LogP contribution is -2.24. The SMILES string of the molecule is CCCCNS(=O)(=O)c1ccc(OCC(=O)Nc2ccc(C(N)=O)cc2)cc1. The summed E-state index contributed by atoms with van der Waals surface area (Å²) in [5.41, 5.74) is 6.00. The largest absolute Gasteiger partial charge is 0.484 e. The van der Waals surface area contributed by atoms with Crippen molar-refractivity contribution in [2.45, 2.75) is 24.7 Å². The van der Waals surface area contributed by atoms with Gasteiger partial charge in [-0.2, -0.15) is 0 Å². The van der Waals surface area contributed by atoms with Gasteiger partial charge in [-0.25, -0.2) is 13.1 Å². The van der Waals surface area contributed by atoms with Crippen LogP contribution < -0.4 is 20.5 Å². The van der Waals surface area contributed by atoms with Crippen LogP contribution in [0, 0.1) is 0 Å². The van der Waals surface area contributed by atoms with Crippen LogP contribution in [0.5, 0.6) is 5.75 Å². The summed E-state index contributed by atoms with van der Waals surface area (Å²) in [6, 6.07) is 12.0. The van der Waals surface area contributed by atoms with Gasteiger partial charge >= 0.3 is 0 Å². The molecule has 4 N–H and O–H groups in total. The van der Waals surface area contributed by atoms with Crippen molar-refractivity contribution in [2.75, 3.05) is 18.5 Å². The normalized spacial score (nSPS) is 11.0. The topological polar surface area (TPSA) is 128 Å². The Kier molecular flexibility index (Phi) is 7.53. The third kappa shape index (κ3) is 6.36. The van der Waals surface area contributed by atoms with Gasteiger partial charge in [0.1, 0.15) is 5.75 Å². The first kappa shape index (κ1) is 21.4. The molecule has 0 spiro atoms. The van der Waals surface area contributed by atoms with E-state index < -0.39 is 21.8 Å². The van der Waals surface area contributed by atoms with E-state index in [1.807, 2.05) is 6.92 Å². The highest BCUT2D eigenvalue weighted by Gasteiger charge is 2.13. The molecule has 8 nitrogen and oxygen atoms in total. The third-order valence-corrected chi connectivity index (χ3v) is 5.26. The van der Waals surface area contributed by atoms with Crippen LogP contribution in [0.3, 0.4) is 0 Å². The number of nitrogens with one attached hydrogen (secondary N) is 2. The molecule has 0 saturated carbocycles. The van der Waals surface area contributed by atoms with Crippen molar-refractivity contribution in [3.63, 3.8) is 0 Å². The molecule has 0 aliphatic carbocycles. The number of sulfonamides is 1. The van der Waals surface area contributed by atoms with E-state index in [0.717, 1.165) is 12.8 Å². The van der Waals surface area contributed by atoms with Gasteiger partial charge in [0.2, 0.25) is 15.9 Å². The van der Waals surface area contributed by atoms with Crippen LogP contribution in [0.1, 0.15) is 30.1 Å². The zero-order valence-electron chi connectivity index (χ0n) is 15.5. The summed E-state index contributed by atoms with van der Waals surface area (Å²) in [6.07, 6.45) is 1.66. The first-order valence-corrected chi connectivity index (χ1v) is 10.2. The number of hydrogen-bond acceptors (Lipinski definition) is 5. The van der Waals surface area contributed by atoms with Crippen molar-refractivity contribution < 1.29 is 22.7 Å². The molecule has 28 heavy (non-hydrogen) atoms. The van der Waals surface area contributed by atoms with Crippen molar-refractivity contribution in [3.8, 4) is 5.75 Å². The lowest BCUT2D eigenvalue weighted by atomic mass is 10.2. The van der Waals surface area contributed by atoms with Crippen molar-refractivity contribution in [1.29, 1.82) is 0 Å². The highest BCUT2D eigenvalue weighted by molar-refractivity contribution is 7.89. The molecule has 0 atom stereocenters. The quantitative estimate of drug-likeness (QED) is 0.520. The summed E-state index contributed by atoms with van der Waals surface area (Å²) in [6.45, 7) is 2.11. The number of benzene rings is 2. The van der Waals surface area contributed by atoms with Crippen LogP contribution in [0.25, 0.3) is 0 Å². The second kappa shape index (κ2) is 9.86. The number of unbranched alkanes of at least 4 members (excludes halogenated alkanes) is 1. The van der Waals surface area contributed by atoms with Gasteiger partial charge in [-0.05, 0) is 55.0 Å². The number of hydrogen-bond donors (Lipinski definition) is 3. The number of nitrogens with two attached hydrogens (primary N) is 1. The maximum atomic E-state index is 12.1. The van der Waals surface area contributed by atoms with Gasteiger partial charge in [0.05, 0.1) is 4.90 Å². The van der Waals surface area contributed by atoms with Crippen LogP contribution in [-0.2, 0) is 14.8 Å². The van der Waals surface area contributed by atoms with Gasteiger partial charge in [0.15, 0.2) is 6.61 Å². The lowest BCUT2D eigenvalue weighted by Gasteiger charge is -2.09. The molecule has 0 fully saturated rings. The van der Waals surface area contributed by atoms with Crippen molar-refractivity contribution in [3.05, 3.63) is 54.1 Å². The Morgan fingerprint density at radius 2 is 1.68 bits per heavy atom. The predicted octanol–water partition coefficient (Wildman–Crippen LogP) is 1.88. The molecule has 2 amide bonds. The van der Waals surface area contributed by atoms with Crippen LogP contribution in [0.2, 0.25) is 0 Å². The number of carbonyl (C=O) groups is 2. The molecule has 0 aliphatic heterocycles. The minimum atomic E-state index is -3.55. The van der Waals surface area contributed by atoms with E-state index in [1.54, 1.807) is 12.1 Å². The average Bonchev–Trinajstić information content (AvgIpc) is 2.67. The molecule has 0 saturated heterocycles. The summed E-state index contributed by atoms with van der Waals surface area (Å²) >= 11 is 0. The van der Waals surface area contributed by atoms with Gasteiger partial charge < -0.3 is 15.8 Å². The van der Waals surface area contributed by atoms with Crippen LogP contribution in [0.15, 0.2) is 53.4 Å². The highest BCUT2D eigenvalue weighted by atomic mass is 32.2. The lowest BCUT2D eigenvalue weighted by molar-refractivity contribution is -0.118. The Hall–Kier alpha value is -2.91. The number of carbonyl (C=O) groups excluding carboxylic acids is 2. The Morgan fingerprint density at radius 3 is 2.25 bits per heavy atom. The monoisotopic (exact) mass is 405 g/mol.